The molecule has 2 aromatic rings. The van der Waals surface area contributed by atoms with Gasteiger partial charge in [0.1, 0.15) is 0 Å². The molecule has 6 nitrogen and oxygen atoms in total. The van der Waals surface area contributed by atoms with Crippen molar-refractivity contribution in [2.75, 3.05) is 18.7 Å². The Balaban J connectivity index is 1.39. The van der Waals surface area contributed by atoms with Crippen LogP contribution in [-0.4, -0.2) is 25.3 Å². The maximum absolute atomic E-state index is 11.9. The Morgan fingerprint density at radius 2 is 1.77 bits per heavy atom. The molecule has 2 aromatic carbocycles. The molecule has 0 unspecified atom stereocenters. The van der Waals surface area contributed by atoms with E-state index >= 15 is 0 Å². The summed E-state index contributed by atoms with van der Waals surface area (Å²) < 4.78 is 15.6. The van der Waals surface area contributed by atoms with Crippen LogP contribution in [0.2, 0.25) is 0 Å². The van der Waals surface area contributed by atoms with Crippen LogP contribution in [0.25, 0.3) is 0 Å². The van der Waals surface area contributed by atoms with Crippen molar-refractivity contribution < 1.29 is 23.8 Å². The van der Waals surface area contributed by atoms with Gasteiger partial charge < -0.3 is 19.5 Å². The normalized spacial score (nSPS) is 11.9. The predicted octanol–water partition coefficient (Wildman–Crippen LogP) is 3.09. The number of amides is 1. The van der Waals surface area contributed by atoms with E-state index in [1.807, 2.05) is 42.5 Å². The van der Waals surface area contributed by atoms with Gasteiger partial charge in [0, 0.05) is 12.1 Å². The van der Waals surface area contributed by atoms with E-state index in [9.17, 15) is 9.59 Å². The first kappa shape index (κ1) is 17.8. The maximum atomic E-state index is 11.9. The molecule has 26 heavy (non-hydrogen) atoms. The molecule has 0 aliphatic carbocycles. The summed E-state index contributed by atoms with van der Waals surface area (Å²) in [5.41, 5.74) is 2.83. The van der Waals surface area contributed by atoms with Gasteiger partial charge in [-0.25, -0.2) is 0 Å². The fourth-order valence-corrected chi connectivity index (χ4v) is 2.58. The van der Waals surface area contributed by atoms with E-state index < -0.39 is 5.97 Å². The fraction of sp³-hybridized carbons (Fsp3) is 0.300. The molecular weight excluding hydrogens is 334 g/mol. The lowest BCUT2D eigenvalue weighted by molar-refractivity contribution is -0.147. The van der Waals surface area contributed by atoms with Crippen LogP contribution < -0.4 is 14.8 Å². The molecule has 0 saturated heterocycles. The molecule has 0 saturated carbocycles. The number of aryl methyl sites for hydroxylation is 2. The third kappa shape index (κ3) is 4.75. The van der Waals surface area contributed by atoms with E-state index in [4.69, 9.17) is 14.2 Å². The van der Waals surface area contributed by atoms with Crippen LogP contribution >= 0.6 is 0 Å². The average molecular weight is 355 g/mol. The highest BCUT2D eigenvalue weighted by atomic mass is 16.7. The Morgan fingerprint density at radius 1 is 1.04 bits per heavy atom. The molecule has 1 aliphatic rings. The van der Waals surface area contributed by atoms with Crippen molar-refractivity contribution in [2.45, 2.75) is 26.2 Å². The standard InChI is InChI=1S/C20H21NO5/c1-2-14-3-7-16(8-4-14)21-19(22)12-24-20(23)10-6-15-5-9-17-18(11-15)26-13-25-17/h3-5,7-9,11H,2,6,10,12-13H2,1H3,(H,21,22). The molecule has 0 atom stereocenters. The lowest BCUT2D eigenvalue weighted by Crippen LogP contribution is -2.21. The minimum Gasteiger partial charge on any atom is -0.456 e. The molecule has 0 aromatic heterocycles. The summed E-state index contributed by atoms with van der Waals surface area (Å²) in [4.78, 5) is 23.7. The van der Waals surface area contributed by atoms with Crippen molar-refractivity contribution in [3.63, 3.8) is 0 Å². The Labute approximate surface area is 152 Å². The first-order chi connectivity index (χ1) is 12.6. The van der Waals surface area contributed by atoms with Gasteiger partial charge in [-0.15, -0.1) is 0 Å². The summed E-state index contributed by atoms with van der Waals surface area (Å²) in [7, 11) is 0. The van der Waals surface area contributed by atoms with Gasteiger partial charge in [0.15, 0.2) is 18.1 Å². The molecule has 1 aliphatic heterocycles. The van der Waals surface area contributed by atoms with E-state index in [1.165, 1.54) is 5.56 Å². The molecule has 1 heterocycles. The highest BCUT2D eigenvalue weighted by Crippen LogP contribution is 2.32. The van der Waals surface area contributed by atoms with Crippen molar-refractivity contribution in [1.82, 2.24) is 0 Å². The summed E-state index contributed by atoms with van der Waals surface area (Å²) in [6.07, 6.45) is 1.64. The number of hydrogen-bond acceptors (Lipinski definition) is 5. The lowest BCUT2D eigenvalue weighted by atomic mass is 10.1. The number of esters is 1. The summed E-state index contributed by atoms with van der Waals surface area (Å²) in [5.74, 6) is 0.620. The number of nitrogens with one attached hydrogen (secondary N) is 1. The Kier molecular flexibility index (Phi) is 5.73. The summed E-state index contributed by atoms with van der Waals surface area (Å²) in [5, 5.41) is 2.70. The van der Waals surface area contributed by atoms with Gasteiger partial charge in [-0.1, -0.05) is 25.1 Å². The van der Waals surface area contributed by atoms with Crippen LogP contribution in [0.15, 0.2) is 42.5 Å². The zero-order chi connectivity index (χ0) is 18.4. The van der Waals surface area contributed by atoms with Gasteiger partial charge in [0.05, 0.1) is 0 Å². The minimum absolute atomic E-state index is 0.193. The second-order valence-electron chi connectivity index (χ2n) is 5.95. The van der Waals surface area contributed by atoms with Gasteiger partial charge in [0.25, 0.3) is 5.91 Å². The van der Waals surface area contributed by atoms with E-state index in [2.05, 4.69) is 12.2 Å². The quantitative estimate of drug-likeness (QED) is 0.773. The molecule has 0 fully saturated rings. The molecular formula is C20H21NO5. The molecule has 0 spiro atoms. The van der Waals surface area contributed by atoms with Gasteiger partial charge in [-0.05, 0) is 48.2 Å². The van der Waals surface area contributed by atoms with Gasteiger partial charge in [-0.2, -0.15) is 0 Å². The average Bonchev–Trinajstić information content (AvgIpc) is 3.13. The van der Waals surface area contributed by atoms with Crippen LogP contribution in [-0.2, 0) is 27.2 Å². The zero-order valence-electron chi connectivity index (χ0n) is 14.6. The first-order valence-electron chi connectivity index (χ1n) is 8.57. The largest absolute Gasteiger partial charge is 0.456 e. The van der Waals surface area contributed by atoms with Crippen molar-refractivity contribution >= 4 is 17.6 Å². The number of carbonyl (C=O) groups is 2. The summed E-state index contributed by atoms with van der Waals surface area (Å²) in [6, 6.07) is 13.1. The SMILES string of the molecule is CCc1ccc(NC(=O)COC(=O)CCc2ccc3c(c2)OCO3)cc1. The van der Waals surface area contributed by atoms with Gasteiger partial charge in [0.2, 0.25) is 6.79 Å². The van der Waals surface area contributed by atoms with E-state index in [0.29, 0.717) is 23.6 Å². The number of ether oxygens (including phenoxy) is 3. The monoisotopic (exact) mass is 355 g/mol. The molecule has 3 rings (SSSR count). The van der Waals surface area contributed by atoms with Gasteiger partial charge >= 0.3 is 5.97 Å². The number of anilines is 1. The molecule has 1 amide bonds. The van der Waals surface area contributed by atoms with E-state index in [1.54, 1.807) is 0 Å². The van der Waals surface area contributed by atoms with Crippen LogP contribution in [0, 0.1) is 0 Å². The molecule has 136 valence electrons. The maximum Gasteiger partial charge on any atom is 0.306 e. The second kappa shape index (κ2) is 8.38. The van der Waals surface area contributed by atoms with E-state index in [-0.39, 0.29) is 25.7 Å². The highest BCUT2D eigenvalue weighted by molar-refractivity contribution is 5.92. The fourth-order valence-electron chi connectivity index (χ4n) is 2.58. The van der Waals surface area contributed by atoms with Crippen LogP contribution in [0.1, 0.15) is 24.5 Å². The van der Waals surface area contributed by atoms with Crippen LogP contribution in [0.4, 0.5) is 5.69 Å². The number of carbonyl (C=O) groups excluding carboxylic acids is 2. The Hall–Kier alpha value is -3.02. The topological polar surface area (TPSA) is 73.9 Å². The third-order valence-electron chi connectivity index (χ3n) is 4.06. The first-order valence-corrected chi connectivity index (χ1v) is 8.57. The molecule has 0 bridgehead atoms. The third-order valence-corrected chi connectivity index (χ3v) is 4.06. The molecule has 1 N–H and O–H groups in total. The second-order valence-corrected chi connectivity index (χ2v) is 5.95. The van der Waals surface area contributed by atoms with Crippen LogP contribution in [0.5, 0.6) is 11.5 Å². The van der Waals surface area contributed by atoms with Crippen molar-refractivity contribution in [3.05, 3.63) is 53.6 Å². The van der Waals surface area contributed by atoms with Gasteiger partial charge in [-0.3, -0.25) is 9.59 Å². The number of rotatable bonds is 7. The smallest absolute Gasteiger partial charge is 0.306 e. The van der Waals surface area contributed by atoms with E-state index in [0.717, 1.165) is 12.0 Å². The molecule has 6 heteroatoms. The minimum atomic E-state index is -0.417. The zero-order valence-corrected chi connectivity index (χ0v) is 14.6. The number of hydrogen-bond donors (Lipinski definition) is 1. The summed E-state index contributed by atoms with van der Waals surface area (Å²) in [6.45, 7) is 1.99. The number of benzene rings is 2. The predicted molar refractivity (Wildman–Crippen MR) is 96.3 cm³/mol. The summed E-state index contributed by atoms with van der Waals surface area (Å²) >= 11 is 0. The number of fused-ring (bicyclic) bond motifs is 1. The highest BCUT2D eigenvalue weighted by Gasteiger charge is 2.14. The van der Waals surface area contributed by atoms with Crippen LogP contribution in [0.3, 0.4) is 0 Å². The van der Waals surface area contributed by atoms with Crippen molar-refractivity contribution in [3.8, 4) is 11.5 Å². The Morgan fingerprint density at radius 3 is 2.54 bits per heavy atom. The van der Waals surface area contributed by atoms with Crippen molar-refractivity contribution in [2.24, 2.45) is 0 Å². The Bertz CT molecular complexity index is 785. The van der Waals surface area contributed by atoms with Crippen molar-refractivity contribution in [1.29, 1.82) is 0 Å². The lowest BCUT2D eigenvalue weighted by Gasteiger charge is -2.07. The molecule has 0 radical (unpaired) electrons.